The summed E-state index contributed by atoms with van der Waals surface area (Å²) in [5.74, 6) is -1.21. The Labute approximate surface area is 222 Å². The van der Waals surface area contributed by atoms with Gasteiger partial charge in [-0.25, -0.2) is 9.99 Å². The van der Waals surface area contributed by atoms with Crippen LogP contribution in [0.4, 0.5) is 11.8 Å². The lowest BCUT2D eigenvalue weighted by atomic mass is 10.1. The number of esters is 1. The Morgan fingerprint density at radius 2 is 1.78 bits per heavy atom. The number of amides is 1. The number of hydrazine groups is 1. The highest BCUT2D eigenvalue weighted by Crippen LogP contribution is 2.29. The molecule has 0 radical (unpaired) electrons. The summed E-state index contributed by atoms with van der Waals surface area (Å²) in [6, 6.07) is 15.5. The van der Waals surface area contributed by atoms with E-state index in [1.54, 1.807) is 61.5 Å². The third kappa shape index (κ3) is 5.86. The molecule has 1 amide bonds. The number of nitrogens with two attached hydrogens (primary N) is 1. The number of nitrogen functional groups attached to an aromatic ring is 1. The number of hydrogen-bond acceptors (Lipinski definition) is 9. The van der Waals surface area contributed by atoms with Gasteiger partial charge in [-0.3, -0.25) is 15.0 Å². The summed E-state index contributed by atoms with van der Waals surface area (Å²) >= 11 is 12.0. The molecular weight excluding hydrogens is 517 g/mol. The zero-order valence-electron chi connectivity index (χ0n) is 19.4. The topological polar surface area (TPSA) is 147 Å². The van der Waals surface area contributed by atoms with E-state index in [2.05, 4.69) is 20.4 Å². The fourth-order valence-electron chi connectivity index (χ4n) is 3.44. The van der Waals surface area contributed by atoms with Crippen LogP contribution in [0.15, 0.2) is 59.2 Å². The predicted octanol–water partition coefficient (Wildman–Crippen LogP) is 4.47. The van der Waals surface area contributed by atoms with E-state index in [9.17, 15) is 14.9 Å². The maximum Gasteiger partial charge on any atom is 0.313 e. The van der Waals surface area contributed by atoms with Gasteiger partial charge in [0.2, 0.25) is 5.95 Å². The largest absolute Gasteiger partial charge is 0.466 e. The number of halogens is 2. The molecule has 2 aromatic carbocycles. The van der Waals surface area contributed by atoms with Gasteiger partial charge in [0.1, 0.15) is 35.4 Å². The molecule has 3 aromatic rings. The van der Waals surface area contributed by atoms with Gasteiger partial charge in [0.05, 0.1) is 12.3 Å². The van der Waals surface area contributed by atoms with Crippen LogP contribution in [-0.4, -0.2) is 39.3 Å². The van der Waals surface area contributed by atoms with E-state index in [1.807, 2.05) is 6.07 Å². The third-order valence-corrected chi connectivity index (χ3v) is 5.61. The summed E-state index contributed by atoms with van der Waals surface area (Å²) in [6.07, 6.45) is 1.28. The van der Waals surface area contributed by atoms with Crippen molar-refractivity contribution in [1.29, 1.82) is 5.26 Å². The molecule has 0 bridgehead atoms. The first-order valence-corrected chi connectivity index (χ1v) is 11.7. The molecule has 0 unspecified atom stereocenters. The maximum atomic E-state index is 12.8. The van der Waals surface area contributed by atoms with Gasteiger partial charge in [0.15, 0.2) is 0 Å². The number of nitrogens with one attached hydrogen (secondary N) is 1. The van der Waals surface area contributed by atoms with Gasteiger partial charge in [0, 0.05) is 15.6 Å². The molecule has 0 spiro atoms. The molecule has 10 nitrogen and oxygen atoms in total. The minimum Gasteiger partial charge on any atom is -0.466 e. The molecule has 4 rings (SSSR count). The van der Waals surface area contributed by atoms with Crippen molar-refractivity contribution >= 4 is 58.8 Å². The molecule has 0 saturated carbocycles. The maximum absolute atomic E-state index is 12.8. The molecule has 186 valence electrons. The number of nitrogens with zero attached hydrogens (tertiary/aromatic N) is 5. The number of aromatic nitrogens is 2. The Balaban J connectivity index is 1.76. The van der Waals surface area contributed by atoms with Gasteiger partial charge >= 0.3 is 5.97 Å². The third-order valence-electron chi connectivity index (χ3n) is 5.11. The Kier molecular flexibility index (Phi) is 7.67. The van der Waals surface area contributed by atoms with Crippen LogP contribution in [-0.2, 0) is 14.3 Å². The second-order valence-electron chi connectivity index (χ2n) is 7.62. The lowest BCUT2D eigenvalue weighted by Crippen LogP contribution is -2.35. The Bertz CT molecular complexity index is 1460. The summed E-state index contributed by atoms with van der Waals surface area (Å²) in [7, 11) is 0. The van der Waals surface area contributed by atoms with Crippen LogP contribution in [0.5, 0.6) is 0 Å². The van der Waals surface area contributed by atoms with Crippen molar-refractivity contribution in [2.45, 2.75) is 13.3 Å². The summed E-state index contributed by atoms with van der Waals surface area (Å²) in [5.41, 5.74) is 10.6. The van der Waals surface area contributed by atoms with E-state index in [0.717, 1.165) is 0 Å². The normalized spacial score (nSPS) is 13.9. The molecule has 1 aromatic heterocycles. The monoisotopic (exact) mass is 535 g/mol. The number of amidine groups is 1. The standard InChI is InChI=1S/C25H19Cl2N7O3/c1-2-37-21(35)12-20-30-24(36)19(11-14-3-7-16(26)8-4-14)34(20)33-25-31-22(18(13-28)23(29)32-25)15-5-9-17(27)10-6-15/h3-11H,2,12H2,1H3,(H3,29,31,32,33)/b19-11-. The average Bonchev–Trinajstić information content (AvgIpc) is 3.14. The highest BCUT2D eigenvalue weighted by Gasteiger charge is 2.32. The summed E-state index contributed by atoms with van der Waals surface area (Å²) < 4.78 is 5.02. The lowest BCUT2D eigenvalue weighted by molar-refractivity contribution is -0.141. The SMILES string of the molecule is CCOC(=O)CC1=NC(=O)/C(=C/c2ccc(Cl)cc2)N1Nc1nc(N)c(C#N)c(-c2ccc(Cl)cc2)n1. The molecule has 0 fully saturated rings. The number of carbonyl (C=O) groups excluding carboxylic acids is 2. The minimum absolute atomic E-state index is 0.0327. The van der Waals surface area contributed by atoms with Crippen molar-refractivity contribution in [3.05, 3.63) is 75.4 Å². The van der Waals surface area contributed by atoms with Gasteiger partial charge in [0.25, 0.3) is 5.91 Å². The quantitative estimate of drug-likeness (QED) is 0.330. The number of rotatable bonds is 7. The van der Waals surface area contributed by atoms with Crippen molar-refractivity contribution in [1.82, 2.24) is 15.0 Å². The fourth-order valence-corrected chi connectivity index (χ4v) is 3.69. The molecule has 0 atom stereocenters. The number of nitriles is 1. The molecule has 1 aliphatic heterocycles. The van der Waals surface area contributed by atoms with Crippen molar-refractivity contribution in [2.24, 2.45) is 4.99 Å². The second-order valence-corrected chi connectivity index (χ2v) is 8.49. The first kappa shape index (κ1) is 25.6. The van der Waals surface area contributed by atoms with E-state index in [0.29, 0.717) is 21.2 Å². The van der Waals surface area contributed by atoms with Gasteiger partial charge in [-0.05, 0) is 42.8 Å². The molecule has 3 N–H and O–H groups in total. The van der Waals surface area contributed by atoms with Gasteiger partial charge < -0.3 is 10.5 Å². The summed E-state index contributed by atoms with van der Waals surface area (Å²) in [5, 5.41) is 12.0. The van der Waals surface area contributed by atoms with Crippen molar-refractivity contribution in [3.63, 3.8) is 0 Å². The van der Waals surface area contributed by atoms with E-state index < -0.39 is 11.9 Å². The van der Waals surface area contributed by atoms with Gasteiger partial charge in [-0.2, -0.15) is 15.2 Å². The van der Waals surface area contributed by atoms with Crippen molar-refractivity contribution in [2.75, 3.05) is 17.8 Å². The van der Waals surface area contributed by atoms with Crippen LogP contribution in [0.1, 0.15) is 24.5 Å². The minimum atomic E-state index is -0.596. The zero-order chi connectivity index (χ0) is 26.5. The number of hydrogen-bond donors (Lipinski definition) is 2. The van der Waals surface area contributed by atoms with Crippen LogP contribution in [0, 0.1) is 11.3 Å². The molecule has 0 saturated heterocycles. The zero-order valence-corrected chi connectivity index (χ0v) is 20.9. The van der Waals surface area contributed by atoms with Crippen LogP contribution < -0.4 is 11.2 Å². The van der Waals surface area contributed by atoms with E-state index >= 15 is 0 Å². The van der Waals surface area contributed by atoms with Crippen LogP contribution in [0.25, 0.3) is 17.3 Å². The molecule has 12 heteroatoms. The Hall–Kier alpha value is -4.46. The molecule has 1 aliphatic rings. The van der Waals surface area contributed by atoms with Gasteiger partial charge in [-0.1, -0.05) is 47.5 Å². The van der Waals surface area contributed by atoms with E-state index in [-0.39, 0.29) is 47.6 Å². The second kappa shape index (κ2) is 11.1. The highest BCUT2D eigenvalue weighted by molar-refractivity contribution is 6.31. The first-order chi connectivity index (χ1) is 17.8. The highest BCUT2D eigenvalue weighted by atomic mass is 35.5. The van der Waals surface area contributed by atoms with Gasteiger partial charge in [-0.15, -0.1) is 0 Å². The number of anilines is 2. The average molecular weight is 536 g/mol. The van der Waals surface area contributed by atoms with E-state index in [1.165, 1.54) is 5.01 Å². The molecule has 2 heterocycles. The molecular formula is C25H19Cl2N7O3. The smallest absolute Gasteiger partial charge is 0.313 e. The summed E-state index contributed by atoms with van der Waals surface area (Å²) in [6.45, 7) is 1.84. The van der Waals surface area contributed by atoms with Crippen LogP contribution in [0.2, 0.25) is 10.0 Å². The van der Waals surface area contributed by atoms with Crippen LogP contribution >= 0.6 is 23.2 Å². The number of ether oxygens (including phenoxy) is 1. The number of aliphatic imine (C=N–C) groups is 1. The Morgan fingerprint density at radius 3 is 2.41 bits per heavy atom. The lowest BCUT2D eigenvalue weighted by Gasteiger charge is -2.22. The molecule has 37 heavy (non-hydrogen) atoms. The Morgan fingerprint density at radius 1 is 1.14 bits per heavy atom. The first-order valence-electron chi connectivity index (χ1n) is 10.9. The van der Waals surface area contributed by atoms with E-state index in [4.69, 9.17) is 33.7 Å². The van der Waals surface area contributed by atoms with Crippen molar-refractivity contribution < 1.29 is 14.3 Å². The van der Waals surface area contributed by atoms with Crippen molar-refractivity contribution in [3.8, 4) is 17.3 Å². The summed E-state index contributed by atoms with van der Waals surface area (Å²) in [4.78, 5) is 37.7. The predicted molar refractivity (Wildman–Crippen MR) is 140 cm³/mol. The fraction of sp³-hybridized carbons (Fsp3) is 0.120. The molecule has 0 aliphatic carbocycles. The number of carbonyl (C=O) groups is 2. The van der Waals surface area contributed by atoms with Crippen LogP contribution in [0.3, 0.4) is 0 Å². The number of benzene rings is 2.